The molecule has 1 aromatic heterocycles. The Morgan fingerprint density at radius 2 is 2.17 bits per heavy atom. The van der Waals surface area contributed by atoms with Gasteiger partial charge >= 0.3 is 0 Å². The molecule has 1 amide bonds. The van der Waals surface area contributed by atoms with Crippen LogP contribution in [0.4, 0.5) is 5.69 Å². The second-order valence-corrected chi connectivity index (χ2v) is 7.57. The Kier molecular flexibility index (Phi) is 6.83. The number of thiophene rings is 1. The van der Waals surface area contributed by atoms with Crippen molar-refractivity contribution in [1.82, 2.24) is 5.32 Å². The minimum absolute atomic E-state index is 0.0250. The van der Waals surface area contributed by atoms with Crippen LogP contribution >= 0.6 is 27.3 Å². The van der Waals surface area contributed by atoms with Crippen LogP contribution in [0.25, 0.3) is 11.1 Å². The summed E-state index contributed by atoms with van der Waals surface area (Å²) in [7, 11) is 0. The van der Waals surface area contributed by atoms with Crippen LogP contribution in [0.5, 0.6) is 0 Å². The molecule has 1 atom stereocenters. The second-order valence-electron chi connectivity index (χ2n) is 5.91. The summed E-state index contributed by atoms with van der Waals surface area (Å²) < 4.78 is 1.02. The van der Waals surface area contributed by atoms with Gasteiger partial charge in [-0.05, 0) is 30.0 Å². The predicted octanol–water partition coefficient (Wildman–Crippen LogP) is 4.64. The van der Waals surface area contributed by atoms with E-state index in [1.807, 2.05) is 29.6 Å². The Balaban J connectivity index is 2.22. The van der Waals surface area contributed by atoms with Crippen LogP contribution in [-0.2, 0) is 4.79 Å². The molecule has 0 aliphatic rings. The van der Waals surface area contributed by atoms with Gasteiger partial charge in [-0.3, -0.25) is 4.79 Å². The van der Waals surface area contributed by atoms with Crippen LogP contribution in [0, 0.1) is 17.2 Å². The van der Waals surface area contributed by atoms with Crippen molar-refractivity contribution in [3.63, 3.8) is 0 Å². The van der Waals surface area contributed by atoms with Crippen molar-refractivity contribution in [2.75, 3.05) is 11.9 Å². The number of anilines is 1. The van der Waals surface area contributed by atoms with Gasteiger partial charge in [0, 0.05) is 20.8 Å². The Hall–Kier alpha value is -1.84. The molecule has 2 rings (SSSR count). The number of amides is 1. The largest absolute Gasteiger partial charge is 0.372 e. The van der Waals surface area contributed by atoms with Gasteiger partial charge in [0.15, 0.2) is 0 Å². The molecule has 24 heavy (non-hydrogen) atoms. The average molecular weight is 406 g/mol. The van der Waals surface area contributed by atoms with Crippen molar-refractivity contribution in [3.05, 3.63) is 39.5 Å². The van der Waals surface area contributed by atoms with Crippen molar-refractivity contribution in [2.45, 2.75) is 26.3 Å². The van der Waals surface area contributed by atoms with E-state index in [0.717, 1.165) is 21.3 Å². The van der Waals surface area contributed by atoms with E-state index >= 15 is 0 Å². The zero-order valence-electron chi connectivity index (χ0n) is 13.7. The molecule has 1 heterocycles. The number of carbonyl (C=O) groups is 1. The average Bonchev–Trinajstić information content (AvgIpc) is 2.99. The highest BCUT2D eigenvalue weighted by atomic mass is 79.9. The summed E-state index contributed by atoms with van der Waals surface area (Å²) >= 11 is 5.09. The van der Waals surface area contributed by atoms with Gasteiger partial charge in [0.2, 0.25) is 5.91 Å². The third-order valence-corrected chi connectivity index (χ3v) is 4.73. The third kappa shape index (κ3) is 5.08. The van der Waals surface area contributed by atoms with Gasteiger partial charge in [-0.25, -0.2) is 0 Å². The number of nitrogens with one attached hydrogen (secondary N) is 2. The maximum atomic E-state index is 12.3. The first-order valence-electron chi connectivity index (χ1n) is 7.74. The first kappa shape index (κ1) is 18.5. The van der Waals surface area contributed by atoms with Crippen LogP contribution in [-0.4, -0.2) is 18.5 Å². The molecule has 1 aromatic carbocycles. The highest BCUT2D eigenvalue weighted by molar-refractivity contribution is 9.10. The lowest BCUT2D eigenvalue weighted by molar-refractivity contribution is -0.121. The molecule has 0 unspecified atom stereocenters. The molecule has 0 fully saturated rings. The number of halogens is 1. The summed E-state index contributed by atoms with van der Waals surface area (Å²) in [4.78, 5) is 12.3. The quantitative estimate of drug-likeness (QED) is 0.659. The van der Waals surface area contributed by atoms with Crippen LogP contribution < -0.4 is 10.6 Å². The van der Waals surface area contributed by atoms with E-state index in [9.17, 15) is 4.79 Å². The van der Waals surface area contributed by atoms with Crippen molar-refractivity contribution in [2.24, 2.45) is 5.92 Å². The summed E-state index contributed by atoms with van der Waals surface area (Å²) in [5, 5.41) is 18.8. The van der Waals surface area contributed by atoms with Crippen molar-refractivity contribution in [3.8, 4) is 17.2 Å². The normalized spacial score (nSPS) is 11.8. The standard InChI is InChI=1S/C18H20BrN3OS/c1-12(2)8-16(18(23)21-7-6-20)22-17-11-24-10-15(17)13-4-3-5-14(19)9-13/h3-5,9-12,16,22H,7-8H2,1-2H3,(H,21,23)/t16-/m0/s1. The lowest BCUT2D eigenvalue weighted by atomic mass is 10.0. The zero-order chi connectivity index (χ0) is 17.5. The van der Waals surface area contributed by atoms with Gasteiger partial charge in [0.05, 0.1) is 11.8 Å². The first-order chi connectivity index (χ1) is 11.5. The fraction of sp³-hybridized carbons (Fsp3) is 0.333. The molecule has 4 nitrogen and oxygen atoms in total. The summed E-state index contributed by atoms with van der Waals surface area (Å²) in [5.74, 6) is 0.222. The maximum Gasteiger partial charge on any atom is 0.243 e. The number of carbonyl (C=O) groups excluding carboxylic acids is 1. The van der Waals surface area contributed by atoms with Crippen molar-refractivity contribution < 1.29 is 4.79 Å². The van der Waals surface area contributed by atoms with Crippen LogP contribution in [0.15, 0.2) is 39.5 Å². The lowest BCUT2D eigenvalue weighted by Crippen LogP contribution is -2.40. The van der Waals surface area contributed by atoms with E-state index in [0.29, 0.717) is 12.3 Å². The highest BCUT2D eigenvalue weighted by Crippen LogP contribution is 2.33. The van der Waals surface area contributed by atoms with Crippen molar-refractivity contribution >= 4 is 38.9 Å². The van der Waals surface area contributed by atoms with E-state index < -0.39 is 0 Å². The summed E-state index contributed by atoms with van der Waals surface area (Å²) in [6, 6.07) is 9.67. The Morgan fingerprint density at radius 3 is 2.83 bits per heavy atom. The maximum absolute atomic E-state index is 12.3. The second kappa shape index (κ2) is 8.86. The lowest BCUT2D eigenvalue weighted by Gasteiger charge is -2.21. The van der Waals surface area contributed by atoms with Gasteiger partial charge in [0.25, 0.3) is 0 Å². The fourth-order valence-electron chi connectivity index (χ4n) is 2.43. The van der Waals surface area contributed by atoms with E-state index in [-0.39, 0.29) is 18.5 Å². The minimum Gasteiger partial charge on any atom is -0.372 e. The Labute approximate surface area is 155 Å². The number of hydrogen-bond acceptors (Lipinski definition) is 4. The van der Waals surface area contributed by atoms with Crippen LogP contribution in [0.3, 0.4) is 0 Å². The zero-order valence-corrected chi connectivity index (χ0v) is 16.1. The molecule has 2 N–H and O–H groups in total. The molecule has 0 saturated heterocycles. The molecule has 2 aromatic rings. The van der Waals surface area contributed by atoms with Gasteiger partial charge in [-0.2, -0.15) is 5.26 Å². The number of hydrogen-bond donors (Lipinski definition) is 2. The fourth-order valence-corrected chi connectivity index (χ4v) is 3.63. The molecular weight excluding hydrogens is 386 g/mol. The topological polar surface area (TPSA) is 64.9 Å². The molecule has 0 saturated carbocycles. The molecular formula is C18H20BrN3OS. The Morgan fingerprint density at radius 1 is 1.38 bits per heavy atom. The molecule has 0 aliphatic heterocycles. The molecule has 0 radical (unpaired) electrons. The van der Waals surface area contributed by atoms with Gasteiger partial charge < -0.3 is 10.6 Å². The monoisotopic (exact) mass is 405 g/mol. The van der Waals surface area contributed by atoms with Crippen LogP contribution in [0.1, 0.15) is 20.3 Å². The smallest absolute Gasteiger partial charge is 0.243 e. The molecule has 6 heteroatoms. The van der Waals surface area contributed by atoms with Gasteiger partial charge in [-0.1, -0.05) is 41.9 Å². The Bertz CT molecular complexity index is 736. The number of nitriles is 1. The van der Waals surface area contributed by atoms with Gasteiger partial charge in [-0.15, -0.1) is 11.3 Å². The summed E-state index contributed by atoms with van der Waals surface area (Å²) in [5.41, 5.74) is 3.10. The van der Waals surface area contributed by atoms with Gasteiger partial charge in [0.1, 0.15) is 12.6 Å². The molecule has 0 bridgehead atoms. The van der Waals surface area contributed by atoms with E-state index in [4.69, 9.17) is 5.26 Å². The predicted molar refractivity (Wildman–Crippen MR) is 103 cm³/mol. The van der Waals surface area contributed by atoms with Crippen molar-refractivity contribution in [1.29, 1.82) is 5.26 Å². The van der Waals surface area contributed by atoms with E-state index in [2.05, 4.69) is 51.9 Å². The number of rotatable bonds is 7. The first-order valence-corrected chi connectivity index (χ1v) is 9.48. The molecule has 126 valence electrons. The summed E-state index contributed by atoms with van der Waals surface area (Å²) in [6.07, 6.45) is 0.699. The van der Waals surface area contributed by atoms with Crippen LogP contribution in [0.2, 0.25) is 0 Å². The minimum atomic E-state index is -0.362. The molecule has 0 spiro atoms. The molecule has 0 aliphatic carbocycles. The third-order valence-electron chi connectivity index (χ3n) is 3.49. The SMILES string of the molecule is CC(C)C[C@H](Nc1cscc1-c1cccc(Br)c1)C(=O)NCC#N. The van der Waals surface area contributed by atoms with E-state index in [1.165, 1.54) is 0 Å². The highest BCUT2D eigenvalue weighted by Gasteiger charge is 2.21. The van der Waals surface area contributed by atoms with E-state index in [1.54, 1.807) is 11.3 Å². The summed E-state index contributed by atoms with van der Waals surface area (Å²) in [6.45, 7) is 4.18. The number of nitrogens with zero attached hydrogens (tertiary/aromatic N) is 1. The number of benzene rings is 1.